The number of nitrogens with zero attached hydrogens (tertiary/aromatic N) is 1. The molecule has 0 spiro atoms. The zero-order chi connectivity index (χ0) is 13.0. The van der Waals surface area contributed by atoms with Crippen LogP contribution in [0.3, 0.4) is 0 Å². The van der Waals surface area contributed by atoms with E-state index in [9.17, 15) is 8.78 Å². The van der Waals surface area contributed by atoms with Gasteiger partial charge in [-0.3, -0.25) is 4.90 Å². The molecular weight excluding hydrogens is 290 g/mol. The quantitative estimate of drug-likeness (QED) is 0.847. The Kier molecular flexibility index (Phi) is 5.49. The van der Waals surface area contributed by atoms with Gasteiger partial charge in [0, 0.05) is 24.7 Å². The van der Waals surface area contributed by atoms with Gasteiger partial charge in [0.2, 0.25) is 0 Å². The summed E-state index contributed by atoms with van der Waals surface area (Å²) in [6, 6.07) is 2.17. The van der Waals surface area contributed by atoms with E-state index in [1.54, 1.807) is 0 Å². The van der Waals surface area contributed by atoms with Crippen LogP contribution in [0.1, 0.15) is 25.5 Å². The van der Waals surface area contributed by atoms with Crippen LogP contribution in [0.25, 0.3) is 0 Å². The maximum atomic E-state index is 13.9. The van der Waals surface area contributed by atoms with Crippen molar-refractivity contribution in [1.82, 2.24) is 4.90 Å². The van der Waals surface area contributed by atoms with Crippen LogP contribution < -0.4 is 5.73 Å². The highest BCUT2D eigenvalue weighted by molar-refractivity contribution is 9.10. The number of hydrogen-bond donors (Lipinski definition) is 1. The molecule has 5 heteroatoms. The molecule has 0 fully saturated rings. The first kappa shape index (κ1) is 14.5. The van der Waals surface area contributed by atoms with Gasteiger partial charge in [-0.05, 0) is 41.5 Å². The zero-order valence-corrected chi connectivity index (χ0v) is 11.6. The van der Waals surface area contributed by atoms with Crippen molar-refractivity contribution in [3.05, 3.63) is 33.8 Å². The molecule has 1 rings (SSSR count). The fourth-order valence-corrected chi connectivity index (χ4v) is 2.32. The Morgan fingerprint density at radius 3 is 2.59 bits per heavy atom. The van der Waals surface area contributed by atoms with Gasteiger partial charge in [-0.1, -0.05) is 6.92 Å². The minimum absolute atomic E-state index is 0.156. The summed E-state index contributed by atoms with van der Waals surface area (Å²) >= 11 is 3.02. The van der Waals surface area contributed by atoms with Crippen LogP contribution in [-0.2, 0) is 0 Å². The summed E-state index contributed by atoms with van der Waals surface area (Å²) < 4.78 is 27.3. The van der Waals surface area contributed by atoms with Crippen LogP contribution in [-0.4, -0.2) is 24.5 Å². The lowest BCUT2D eigenvalue weighted by Crippen LogP contribution is -2.32. The molecule has 0 amide bonds. The normalized spacial score (nSPS) is 13.1. The molecule has 1 aromatic rings. The minimum Gasteiger partial charge on any atom is -0.329 e. The molecule has 2 nitrogen and oxygen atoms in total. The summed E-state index contributed by atoms with van der Waals surface area (Å²) in [6.07, 6.45) is 0. The molecule has 0 aromatic heterocycles. The van der Waals surface area contributed by atoms with Gasteiger partial charge in [-0.2, -0.15) is 0 Å². The van der Waals surface area contributed by atoms with E-state index in [2.05, 4.69) is 15.9 Å². The maximum absolute atomic E-state index is 13.9. The average molecular weight is 307 g/mol. The zero-order valence-electron chi connectivity index (χ0n) is 10.0. The van der Waals surface area contributed by atoms with Gasteiger partial charge < -0.3 is 5.73 Å². The van der Waals surface area contributed by atoms with Crippen molar-refractivity contribution in [3.63, 3.8) is 0 Å². The van der Waals surface area contributed by atoms with Crippen molar-refractivity contribution in [2.45, 2.75) is 19.9 Å². The van der Waals surface area contributed by atoms with E-state index >= 15 is 0 Å². The molecule has 0 aliphatic heterocycles. The van der Waals surface area contributed by atoms with Crippen molar-refractivity contribution in [3.8, 4) is 0 Å². The molecule has 1 aromatic carbocycles. The highest BCUT2D eigenvalue weighted by atomic mass is 79.9. The number of benzene rings is 1. The summed E-state index contributed by atoms with van der Waals surface area (Å²) in [6.45, 7) is 5.72. The van der Waals surface area contributed by atoms with Gasteiger partial charge >= 0.3 is 0 Å². The Morgan fingerprint density at radius 1 is 1.41 bits per heavy atom. The molecular formula is C12H17BrF2N2. The number of rotatable bonds is 5. The summed E-state index contributed by atoms with van der Waals surface area (Å²) in [5.41, 5.74) is 5.85. The molecule has 17 heavy (non-hydrogen) atoms. The highest BCUT2D eigenvalue weighted by Crippen LogP contribution is 2.28. The van der Waals surface area contributed by atoms with Crippen molar-refractivity contribution < 1.29 is 8.78 Å². The van der Waals surface area contributed by atoms with Crippen molar-refractivity contribution >= 4 is 15.9 Å². The monoisotopic (exact) mass is 306 g/mol. The Labute approximate surface area is 109 Å². The van der Waals surface area contributed by atoms with Crippen LogP contribution in [0.4, 0.5) is 8.78 Å². The predicted octanol–water partition coefficient (Wildman–Crippen LogP) is 3.07. The van der Waals surface area contributed by atoms with Crippen molar-refractivity contribution in [1.29, 1.82) is 0 Å². The highest BCUT2D eigenvalue weighted by Gasteiger charge is 2.19. The summed E-state index contributed by atoms with van der Waals surface area (Å²) in [7, 11) is 0. The van der Waals surface area contributed by atoms with Crippen molar-refractivity contribution in [2.24, 2.45) is 5.73 Å². The van der Waals surface area contributed by atoms with Crippen molar-refractivity contribution in [2.75, 3.05) is 19.6 Å². The standard InChI is InChI=1S/C12H17BrF2N2/c1-3-17(5-4-16)8(2)10-6-9(14)7-11(13)12(10)15/h6-8H,3-5,16H2,1-2H3. The molecule has 0 saturated carbocycles. The lowest BCUT2D eigenvalue weighted by molar-refractivity contribution is 0.223. The first-order valence-corrected chi connectivity index (χ1v) is 6.39. The van der Waals surface area contributed by atoms with E-state index in [-0.39, 0.29) is 10.5 Å². The smallest absolute Gasteiger partial charge is 0.142 e. The number of hydrogen-bond acceptors (Lipinski definition) is 2. The van der Waals surface area contributed by atoms with E-state index in [0.717, 1.165) is 12.6 Å². The maximum Gasteiger partial charge on any atom is 0.142 e. The SMILES string of the molecule is CCN(CCN)C(C)c1cc(F)cc(Br)c1F. The second kappa shape index (κ2) is 6.42. The second-order valence-corrected chi connectivity index (χ2v) is 4.74. The van der Waals surface area contributed by atoms with Crippen LogP contribution in [0.15, 0.2) is 16.6 Å². The molecule has 0 bridgehead atoms. The molecule has 2 N–H and O–H groups in total. The Hall–Kier alpha value is -0.520. The third-order valence-electron chi connectivity index (χ3n) is 2.84. The summed E-state index contributed by atoms with van der Waals surface area (Å²) in [4.78, 5) is 2.00. The lowest BCUT2D eigenvalue weighted by Gasteiger charge is -2.28. The van der Waals surface area contributed by atoms with Crippen LogP contribution in [0, 0.1) is 11.6 Å². The van der Waals surface area contributed by atoms with Gasteiger partial charge in [0.1, 0.15) is 11.6 Å². The molecule has 1 unspecified atom stereocenters. The lowest BCUT2D eigenvalue weighted by atomic mass is 10.1. The van der Waals surface area contributed by atoms with Crippen LogP contribution in [0.5, 0.6) is 0 Å². The fraction of sp³-hybridized carbons (Fsp3) is 0.500. The molecule has 0 aliphatic rings. The number of nitrogens with two attached hydrogens (primary N) is 1. The van der Waals surface area contributed by atoms with E-state index in [4.69, 9.17) is 5.73 Å². The van der Waals surface area contributed by atoms with Gasteiger partial charge in [0.05, 0.1) is 4.47 Å². The largest absolute Gasteiger partial charge is 0.329 e. The van der Waals surface area contributed by atoms with Gasteiger partial charge in [-0.15, -0.1) is 0 Å². The molecule has 1 atom stereocenters. The van der Waals surface area contributed by atoms with E-state index in [1.807, 2.05) is 18.7 Å². The third-order valence-corrected chi connectivity index (χ3v) is 3.42. The van der Waals surface area contributed by atoms with Crippen LogP contribution in [0.2, 0.25) is 0 Å². The first-order valence-electron chi connectivity index (χ1n) is 5.59. The second-order valence-electron chi connectivity index (χ2n) is 3.88. The molecule has 0 radical (unpaired) electrons. The Bertz CT molecular complexity index is 385. The summed E-state index contributed by atoms with van der Waals surface area (Å²) in [5.74, 6) is -0.849. The number of likely N-dealkylation sites (N-methyl/N-ethyl adjacent to an activating group) is 1. The van der Waals surface area contributed by atoms with Gasteiger partial charge in [0.15, 0.2) is 0 Å². The minimum atomic E-state index is -0.441. The number of halogens is 3. The van der Waals surface area contributed by atoms with E-state index < -0.39 is 11.6 Å². The topological polar surface area (TPSA) is 29.3 Å². The predicted molar refractivity (Wildman–Crippen MR) is 68.8 cm³/mol. The molecule has 96 valence electrons. The third kappa shape index (κ3) is 3.47. The average Bonchev–Trinajstić information content (AvgIpc) is 2.29. The summed E-state index contributed by atoms with van der Waals surface area (Å²) in [5, 5.41) is 0. The van der Waals surface area contributed by atoms with E-state index in [0.29, 0.717) is 18.7 Å². The molecule has 0 heterocycles. The van der Waals surface area contributed by atoms with E-state index in [1.165, 1.54) is 6.07 Å². The van der Waals surface area contributed by atoms with Gasteiger partial charge in [0.25, 0.3) is 0 Å². The van der Waals surface area contributed by atoms with Crippen LogP contribution >= 0.6 is 15.9 Å². The fourth-order valence-electron chi connectivity index (χ4n) is 1.87. The first-order chi connectivity index (χ1) is 8.01. The molecule has 0 aliphatic carbocycles. The Morgan fingerprint density at radius 2 is 2.06 bits per heavy atom. The van der Waals surface area contributed by atoms with Gasteiger partial charge in [-0.25, -0.2) is 8.78 Å². The molecule has 0 saturated heterocycles. The Balaban J connectivity index is 3.05.